The lowest BCUT2D eigenvalue weighted by Gasteiger charge is -2.26. The Bertz CT molecular complexity index is 1060. The van der Waals surface area contributed by atoms with E-state index in [-0.39, 0.29) is 18.5 Å². The van der Waals surface area contributed by atoms with E-state index in [0.717, 1.165) is 23.3 Å². The lowest BCUT2D eigenvalue weighted by molar-refractivity contribution is -0.137. The van der Waals surface area contributed by atoms with Gasteiger partial charge in [-0.15, -0.1) is 0 Å². The van der Waals surface area contributed by atoms with E-state index in [2.05, 4.69) is 0 Å². The molecule has 0 spiro atoms. The molecule has 0 saturated heterocycles. The second-order valence-corrected chi connectivity index (χ2v) is 8.00. The van der Waals surface area contributed by atoms with Crippen LogP contribution in [0.5, 0.6) is 5.75 Å². The number of halogens is 3. The van der Waals surface area contributed by atoms with E-state index >= 15 is 0 Å². The highest BCUT2D eigenvalue weighted by atomic mass is 19.4. The highest BCUT2D eigenvalue weighted by Crippen LogP contribution is 2.31. The molecule has 0 aliphatic carbocycles. The van der Waals surface area contributed by atoms with Crippen LogP contribution in [-0.2, 0) is 23.9 Å². The Labute approximate surface area is 196 Å². The number of nitrogens with zero attached hydrogens (tertiary/aromatic N) is 1. The molecule has 0 aliphatic rings. The van der Waals surface area contributed by atoms with E-state index in [9.17, 15) is 23.1 Å². The van der Waals surface area contributed by atoms with Gasteiger partial charge < -0.3 is 15.6 Å². The van der Waals surface area contributed by atoms with Crippen molar-refractivity contribution in [1.82, 2.24) is 4.90 Å². The molecule has 180 valence electrons. The number of benzene rings is 3. The lowest BCUT2D eigenvalue weighted by atomic mass is 10.0. The molecule has 0 fully saturated rings. The number of carbonyl (C=O) groups excluding carboxylic acids is 1. The number of amides is 1. The molecular weight excluding hydrogens is 445 g/mol. The molecule has 0 radical (unpaired) electrons. The van der Waals surface area contributed by atoms with Crippen LogP contribution in [0, 0.1) is 0 Å². The number of ether oxygens (including phenoxy) is 1. The summed E-state index contributed by atoms with van der Waals surface area (Å²) in [5, 5.41) is 10.7. The Morgan fingerprint density at radius 1 is 0.971 bits per heavy atom. The van der Waals surface area contributed by atoms with Gasteiger partial charge in [-0.25, -0.2) is 0 Å². The first kappa shape index (κ1) is 25.3. The summed E-state index contributed by atoms with van der Waals surface area (Å²) in [6.07, 6.45) is -5.42. The number of aliphatic hydroxyl groups is 1. The van der Waals surface area contributed by atoms with E-state index in [0.29, 0.717) is 25.4 Å². The highest BCUT2D eigenvalue weighted by Gasteiger charge is 2.31. The second kappa shape index (κ2) is 11.7. The van der Waals surface area contributed by atoms with E-state index in [1.165, 1.54) is 12.1 Å². The number of aliphatic hydroxyl groups excluding tert-OH is 1. The van der Waals surface area contributed by atoms with Gasteiger partial charge in [-0.05, 0) is 41.0 Å². The Kier molecular flexibility index (Phi) is 8.67. The van der Waals surface area contributed by atoms with Gasteiger partial charge in [0.2, 0.25) is 5.91 Å². The zero-order valence-corrected chi connectivity index (χ0v) is 18.5. The molecule has 0 aliphatic heterocycles. The first-order chi connectivity index (χ1) is 16.2. The van der Waals surface area contributed by atoms with Crippen molar-refractivity contribution in [2.24, 2.45) is 5.73 Å². The molecule has 0 aromatic heterocycles. The third-order valence-corrected chi connectivity index (χ3v) is 5.26. The summed E-state index contributed by atoms with van der Waals surface area (Å²) >= 11 is 0. The van der Waals surface area contributed by atoms with Gasteiger partial charge >= 0.3 is 6.18 Å². The average molecular weight is 473 g/mol. The maximum Gasteiger partial charge on any atom is 0.416 e. The van der Waals surface area contributed by atoms with Gasteiger partial charge in [0.1, 0.15) is 12.4 Å². The van der Waals surface area contributed by atoms with Crippen LogP contribution in [0.15, 0.2) is 78.9 Å². The first-order valence-electron chi connectivity index (χ1n) is 10.8. The summed E-state index contributed by atoms with van der Waals surface area (Å²) < 4.78 is 45.0. The molecule has 3 aromatic carbocycles. The van der Waals surface area contributed by atoms with Crippen molar-refractivity contribution in [3.63, 3.8) is 0 Å². The van der Waals surface area contributed by atoms with Crippen LogP contribution in [0.4, 0.5) is 13.2 Å². The van der Waals surface area contributed by atoms with Crippen LogP contribution >= 0.6 is 0 Å². The van der Waals surface area contributed by atoms with E-state index < -0.39 is 23.8 Å². The third-order valence-electron chi connectivity index (χ3n) is 5.26. The molecule has 1 amide bonds. The van der Waals surface area contributed by atoms with Gasteiger partial charge in [0, 0.05) is 19.6 Å². The predicted octanol–water partition coefficient (Wildman–Crippen LogP) is 4.35. The fourth-order valence-corrected chi connectivity index (χ4v) is 3.55. The Morgan fingerprint density at radius 3 is 2.32 bits per heavy atom. The SMILES string of the molecule is NC(=O)Cc1ccc(OCCN(Cc2ccccc2)C[C@H](O)c2cccc(C(F)(F)F)c2)cc1. The Balaban J connectivity index is 1.64. The average Bonchev–Trinajstić information content (AvgIpc) is 2.80. The molecule has 0 unspecified atom stereocenters. The summed E-state index contributed by atoms with van der Waals surface area (Å²) in [6, 6.07) is 21.4. The molecule has 0 bridgehead atoms. The van der Waals surface area contributed by atoms with Crippen molar-refractivity contribution in [1.29, 1.82) is 0 Å². The largest absolute Gasteiger partial charge is 0.492 e. The standard InChI is InChI=1S/C26H27F3N2O3/c27-26(28,29)22-8-4-7-21(16-22)24(32)18-31(17-20-5-2-1-3-6-20)13-14-34-23-11-9-19(10-12-23)15-25(30)33/h1-12,16,24,32H,13-15,17-18H2,(H2,30,33)/t24-/m0/s1. The quantitative estimate of drug-likeness (QED) is 0.435. The van der Waals surface area contributed by atoms with Gasteiger partial charge in [-0.1, -0.05) is 54.6 Å². The highest BCUT2D eigenvalue weighted by molar-refractivity contribution is 5.76. The van der Waals surface area contributed by atoms with Gasteiger partial charge in [0.25, 0.3) is 0 Å². The molecule has 3 rings (SSSR count). The van der Waals surface area contributed by atoms with Crippen LogP contribution in [0.1, 0.15) is 28.4 Å². The molecular formula is C26H27F3N2O3. The van der Waals surface area contributed by atoms with E-state index in [1.54, 1.807) is 24.3 Å². The summed E-state index contributed by atoms with van der Waals surface area (Å²) in [5.41, 5.74) is 6.41. The summed E-state index contributed by atoms with van der Waals surface area (Å²) in [6.45, 7) is 1.38. The maximum absolute atomic E-state index is 13.1. The predicted molar refractivity (Wildman–Crippen MR) is 123 cm³/mol. The van der Waals surface area contributed by atoms with Crippen molar-refractivity contribution in [2.75, 3.05) is 19.7 Å². The number of primary amides is 1. The molecule has 3 N–H and O–H groups in total. The van der Waals surface area contributed by atoms with Crippen molar-refractivity contribution in [2.45, 2.75) is 25.2 Å². The van der Waals surface area contributed by atoms with Crippen molar-refractivity contribution >= 4 is 5.91 Å². The normalized spacial score (nSPS) is 12.5. The van der Waals surface area contributed by atoms with Crippen molar-refractivity contribution < 1.29 is 27.8 Å². The van der Waals surface area contributed by atoms with E-state index in [1.807, 2.05) is 35.2 Å². The second-order valence-electron chi connectivity index (χ2n) is 8.00. The minimum absolute atomic E-state index is 0.136. The Morgan fingerprint density at radius 2 is 1.68 bits per heavy atom. The zero-order chi connectivity index (χ0) is 24.6. The molecule has 0 heterocycles. The smallest absolute Gasteiger partial charge is 0.416 e. The third kappa shape index (κ3) is 7.90. The first-order valence-corrected chi connectivity index (χ1v) is 10.8. The summed E-state index contributed by atoms with van der Waals surface area (Å²) in [7, 11) is 0. The molecule has 34 heavy (non-hydrogen) atoms. The molecule has 1 atom stereocenters. The van der Waals surface area contributed by atoms with Crippen molar-refractivity contribution in [3.8, 4) is 5.75 Å². The number of hydrogen-bond acceptors (Lipinski definition) is 4. The van der Waals surface area contributed by atoms with Gasteiger partial charge in [-0.3, -0.25) is 9.69 Å². The zero-order valence-electron chi connectivity index (χ0n) is 18.5. The topological polar surface area (TPSA) is 75.8 Å². The number of rotatable bonds is 11. The molecule has 0 saturated carbocycles. The van der Waals surface area contributed by atoms with Crippen LogP contribution in [0.3, 0.4) is 0 Å². The number of hydrogen-bond donors (Lipinski definition) is 2. The lowest BCUT2D eigenvalue weighted by Crippen LogP contribution is -2.32. The Hall–Kier alpha value is -3.36. The van der Waals surface area contributed by atoms with E-state index in [4.69, 9.17) is 10.5 Å². The maximum atomic E-state index is 13.1. The fourth-order valence-electron chi connectivity index (χ4n) is 3.55. The van der Waals surface area contributed by atoms with Crippen molar-refractivity contribution in [3.05, 3.63) is 101 Å². The van der Waals surface area contributed by atoms with Crippen LogP contribution < -0.4 is 10.5 Å². The minimum Gasteiger partial charge on any atom is -0.492 e. The molecule has 8 heteroatoms. The molecule has 3 aromatic rings. The van der Waals surface area contributed by atoms with Gasteiger partial charge in [0.15, 0.2) is 0 Å². The number of nitrogens with two attached hydrogens (primary N) is 1. The fraction of sp³-hybridized carbons (Fsp3) is 0.269. The molecule has 5 nitrogen and oxygen atoms in total. The van der Waals surface area contributed by atoms with Crippen LogP contribution in [0.2, 0.25) is 0 Å². The minimum atomic E-state index is -4.47. The van der Waals surface area contributed by atoms with Gasteiger partial charge in [0.05, 0.1) is 18.1 Å². The van der Waals surface area contributed by atoms with Crippen LogP contribution in [-0.4, -0.2) is 35.6 Å². The number of carbonyl (C=O) groups is 1. The summed E-state index contributed by atoms with van der Waals surface area (Å²) in [4.78, 5) is 13.0. The summed E-state index contributed by atoms with van der Waals surface area (Å²) in [5.74, 6) is 0.204. The monoisotopic (exact) mass is 472 g/mol. The number of alkyl halides is 3. The van der Waals surface area contributed by atoms with Crippen LogP contribution in [0.25, 0.3) is 0 Å². The van der Waals surface area contributed by atoms with Gasteiger partial charge in [-0.2, -0.15) is 13.2 Å².